The molecule has 5 fully saturated rings. The fourth-order valence-corrected chi connectivity index (χ4v) is 9.10. The minimum atomic E-state index is -1.73. The van der Waals surface area contributed by atoms with Crippen molar-refractivity contribution < 1.29 is 62.3 Å². The zero-order chi connectivity index (χ0) is 30.1. The summed E-state index contributed by atoms with van der Waals surface area (Å²) < 4.78 is 34.0. The third-order valence-corrected chi connectivity index (χ3v) is 10.7. The average molecular weight is 577 g/mol. The fraction of sp³-hybridized carbons (Fsp3) is 0.714. The molecule has 4 aliphatic heterocycles. The quantitative estimate of drug-likeness (QED) is 0.358. The summed E-state index contributed by atoms with van der Waals surface area (Å²) in [7, 11) is 1.15. The van der Waals surface area contributed by atoms with Crippen molar-refractivity contribution in [1.82, 2.24) is 0 Å². The lowest BCUT2D eigenvalue weighted by molar-refractivity contribution is -0.246. The monoisotopic (exact) mass is 576 g/mol. The van der Waals surface area contributed by atoms with Crippen molar-refractivity contribution in [1.29, 1.82) is 0 Å². The Morgan fingerprint density at radius 2 is 1.71 bits per heavy atom. The van der Waals surface area contributed by atoms with Gasteiger partial charge < -0.3 is 33.5 Å². The number of methoxy groups -OCH3 is 1. The maximum Gasteiger partial charge on any atom is 0.347 e. The number of carbonyl (C=O) groups excluding carboxylic acids is 6. The van der Waals surface area contributed by atoms with E-state index < -0.39 is 106 Å². The number of hydrogen-bond acceptors (Lipinski definition) is 13. The van der Waals surface area contributed by atoms with E-state index in [2.05, 4.69) is 0 Å². The average Bonchev–Trinajstić information content (AvgIpc) is 3.53. The van der Waals surface area contributed by atoms with E-state index >= 15 is 0 Å². The molecule has 0 aromatic rings. The number of ketones is 1. The zero-order valence-electron chi connectivity index (χ0n) is 23.5. The van der Waals surface area contributed by atoms with E-state index in [-0.39, 0.29) is 18.4 Å². The minimum Gasteiger partial charge on any atom is -0.466 e. The van der Waals surface area contributed by atoms with Crippen LogP contribution >= 0.6 is 0 Å². The number of rotatable bonds is 3. The van der Waals surface area contributed by atoms with E-state index in [1.807, 2.05) is 0 Å². The van der Waals surface area contributed by atoms with E-state index in [1.54, 1.807) is 27.7 Å². The van der Waals surface area contributed by atoms with Crippen LogP contribution in [-0.4, -0.2) is 83.7 Å². The smallest absolute Gasteiger partial charge is 0.347 e. The van der Waals surface area contributed by atoms with Gasteiger partial charge in [0, 0.05) is 35.3 Å². The molecule has 0 radical (unpaired) electrons. The SMILES string of the molecule is COC(=O)[C@@H]1OC(=O)[C@@]2(C)[C@H]3O[C@]45CC(=O)O[C@@H](C6=CC(=O)O[C@@H]6O)[C@]4(C)CC[C@]5(OC(C)=O)[C@H]3C(=O)C(C)(C)[C@H]12. The lowest BCUT2D eigenvalue weighted by Gasteiger charge is -2.53. The Kier molecular flexibility index (Phi) is 5.53. The number of cyclic esters (lactones) is 3. The lowest BCUT2D eigenvalue weighted by Crippen LogP contribution is -2.68. The summed E-state index contributed by atoms with van der Waals surface area (Å²) in [4.78, 5) is 79.1. The Labute approximate surface area is 234 Å². The van der Waals surface area contributed by atoms with Gasteiger partial charge in [0.25, 0.3) is 0 Å². The topological polar surface area (TPSA) is 178 Å². The molecular weight excluding hydrogens is 544 g/mol. The molecule has 10 atom stereocenters. The Balaban J connectivity index is 1.58. The second kappa shape index (κ2) is 8.15. The summed E-state index contributed by atoms with van der Waals surface area (Å²) in [5.74, 6) is -6.60. The number of ether oxygens (including phenoxy) is 6. The molecule has 3 saturated heterocycles. The standard InChI is InChI=1S/C28H32O13/c1-11(29)40-27-8-7-25(4)19(12-9-13(30)38-21(12)33)37-14(31)10-28(25,27)41-20-15(27)18(32)24(2,3)17-16(22(34)36-6)39-23(35)26(17,20)5/h9,15-17,19-21,33H,7-8,10H2,1-6H3/t15-,16+,17-,19-,20-,21-,25-,26+,27-,28+/m0/s1. The molecule has 2 aliphatic carbocycles. The van der Waals surface area contributed by atoms with Crippen LogP contribution in [0.2, 0.25) is 0 Å². The summed E-state index contributed by atoms with van der Waals surface area (Å²) in [5, 5.41) is 10.5. The van der Waals surface area contributed by atoms with E-state index in [0.717, 1.165) is 13.2 Å². The van der Waals surface area contributed by atoms with Crippen LogP contribution in [0, 0.1) is 28.1 Å². The van der Waals surface area contributed by atoms with Crippen molar-refractivity contribution in [2.45, 2.75) is 89.7 Å². The number of carbonyl (C=O) groups is 6. The highest BCUT2D eigenvalue weighted by Crippen LogP contribution is 2.74. The molecule has 13 nitrogen and oxygen atoms in total. The second-order valence-electron chi connectivity index (χ2n) is 12.9. The predicted molar refractivity (Wildman–Crippen MR) is 130 cm³/mol. The Morgan fingerprint density at radius 1 is 1.02 bits per heavy atom. The molecule has 2 saturated carbocycles. The van der Waals surface area contributed by atoms with E-state index in [9.17, 15) is 33.9 Å². The molecular formula is C28H32O13. The first-order valence-corrected chi connectivity index (χ1v) is 13.5. The van der Waals surface area contributed by atoms with Crippen molar-refractivity contribution in [2.24, 2.45) is 28.1 Å². The second-order valence-corrected chi connectivity index (χ2v) is 12.9. The number of hydrogen-bond donors (Lipinski definition) is 1. The minimum absolute atomic E-state index is 0.0104. The van der Waals surface area contributed by atoms with Crippen molar-refractivity contribution >= 4 is 35.6 Å². The molecule has 0 unspecified atom stereocenters. The Bertz CT molecular complexity index is 1350. The van der Waals surface area contributed by atoms with Crippen LogP contribution in [0.25, 0.3) is 0 Å². The number of Topliss-reactive ketones (excluding diaryl/α,β-unsaturated/α-hetero) is 1. The van der Waals surface area contributed by atoms with Gasteiger partial charge in [-0.2, -0.15) is 0 Å². The van der Waals surface area contributed by atoms with Crippen LogP contribution in [-0.2, 0) is 57.2 Å². The molecule has 0 aromatic carbocycles. The van der Waals surface area contributed by atoms with Crippen molar-refractivity contribution in [3.8, 4) is 0 Å². The van der Waals surface area contributed by atoms with Crippen LogP contribution in [0.15, 0.2) is 11.6 Å². The number of esters is 5. The van der Waals surface area contributed by atoms with Crippen LogP contribution in [0.5, 0.6) is 0 Å². The van der Waals surface area contributed by atoms with Gasteiger partial charge in [-0.3, -0.25) is 19.2 Å². The van der Waals surface area contributed by atoms with Gasteiger partial charge in [0.1, 0.15) is 22.9 Å². The van der Waals surface area contributed by atoms with Crippen LogP contribution in [0.3, 0.4) is 0 Å². The summed E-state index contributed by atoms with van der Waals surface area (Å²) in [6.45, 7) is 7.66. The molecule has 13 heteroatoms. The summed E-state index contributed by atoms with van der Waals surface area (Å²) in [6, 6.07) is 0. The van der Waals surface area contributed by atoms with Gasteiger partial charge in [-0.05, 0) is 19.8 Å². The summed E-state index contributed by atoms with van der Waals surface area (Å²) in [5.41, 5.74) is -7.66. The van der Waals surface area contributed by atoms with Gasteiger partial charge in [-0.25, -0.2) is 9.59 Å². The normalized spacial score (nSPS) is 47.2. The predicted octanol–water partition coefficient (Wildman–Crippen LogP) is 0.289. The maximum atomic E-state index is 14.6. The number of aliphatic hydroxyl groups excluding tert-OH is 1. The highest BCUT2D eigenvalue weighted by Gasteiger charge is 2.88. The summed E-state index contributed by atoms with van der Waals surface area (Å²) >= 11 is 0. The molecule has 0 aromatic heterocycles. The van der Waals surface area contributed by atoms with Gasteiger partial charge >= 0.3 is 29.8 Å². The van der Waals surface area contributed by atoms with Crippen molar-refractivity contribution in [3.05, 3.63) is 11.6 Å². The highest BCUT2D eigenvalue weighted by molar-refractivity contribution is 5.98. The third kappa shape index (κ3) is 3.03. The van der Waals surface area contributed by atoms with Gasteiger partial charge in [0.05, 0.1) is 25.6 Å². The van der Waals surface area contributed by atoms with Crippen LogP contribution < -0.4 is 0 Å². The highest BCUT2D eigenvalue weighted by atomic mass is 16.6. The molecule has 4 heterocycles. The number of fused-ring (bicyclic) bond motifs is 4. The molecule has 6 rings (SSSR count). The largest absolute Gasteiger partial charge is 0.466 e. The van der Waals surface area contributed by atoms with Crippen molar-refractivity contribution in [2.75, 3.05) is 7.11 Å². The van der Waals surface area contributed by atoms with Gasteiger partial charge in [0.15, 0.2) is 5.60 Å². The molecule has 0 amide bonds. The van der Waals surface area contributed by atoms with E-state index in [4.69, 9.17) is 28.4 Å². The van der Waals surface area contributed by atoms with E-state index in [0.29, 0.717) is 0 Å². The molecule has 1 N–H and O–H groups in total. The third-order valence-electron chi connectivity index (χ3n) is 10.7. The van der Waals surface area contributed by atoms with Gasteiger partial charge in [-0.1, -0.05) is 20.8 Å². The molecule has 6 aliphatic rings. The van der Waals surface area contributed by atoms with Gasteiger partial charge in [0.2, 0.25) is 12.4 Å². The first-order chi connectivity index (χ1) is 19.0. The molecule has 222 valence electrons. The summed E-state index contributed by atoms with van der Waals surface area (Å²) in [6.07, 6.45) is -4.73. The van der Waals surface area contributed by atoms with E-state index in [1.165, 1.54) is 6.92 Å². The maximum absolute atomic E-state index is 14.6. The van der Waals surface area contributed by atoms with Crippen molar-refractivity contribution in [3.63, 3.8) is 0 Å². The van der Waals surface area contributed by atoms with Crippen LogP contribution in [0.1, 0.15) is 53.9 Å². The first-order valence-electron chi connectivity index (χ1n) is 13.5. The number of aliphatic hydroxyl groups is 1. The van der Waals surface area contributed by atoms with Crippen LogP contribution in [0.4, 0.5) is 0 Å². The first kappa shape index (κ1) is 27.8. The molecule has 41 heavy (non-hydrogen) atoms. The van der Waals surface area contributed by atoms with Gasteiger partial charge in [-0.15, -0.1) is 0 Å². The fourth-order valence-electron chi connectivity index (χ4n) is 9.10. The Hall–Kier alpha value is -3.32. The zero-order valence-corrected chi connectivity index (χ0v) is 23.5. The lowest BCUT2D eigenvalue weighted by atomic mass is 9.48. The Morgan fingerprint density at radius 3 is 2.29 bits per heavy atom. The molecule has 0 bridgehead atoms. The molecule has 1 spiro atoms.